The quantitative estimate of drug-likeness (QED) is 0.146. The molecule has 4 unspecified atom stereocenters. The van der Waals surface area contributed by atoms with Crippen LogP contribution in [0.2, 0.25) is 0 Å². The first-order valence-corrected chi connectivity index (χ1v) is 18.8. The van der Waals surface area contributed by atoms with Crippen LogP contribution in [0.5, 0.6) is 11.5 Å². The van der Waals surface area contributed by atoms with Gasteiger partial charge in [0.2, 0.25) is 24.8 Å². The number of carbonyl (C=O) groups is 8. The van der Waals surface area contributed by atoms with Crippen molar-refractivity contribution in [2.45, 2.75) is 117 Å². The van der Waals surface area contributed by atoms with Gasteiger partial charge < -0.3 is 56.8 Å². The van der Waals surface area contributed by atoms with Gasteiger partial charge in [-0.3, -0.25) is 38.4 Å². The molecule has 0 aliphatic carbocycles. The summed E-state index contributed by atoms with van der Waals surface area (Å²) >= 11 is 3.76. The van der Waals surface area contributed by atoms with Crippen molar-refractivity contribution in [2.75, 3.05) is 13.2 Å². The van der Waals surface area contributed by atoms with E-state index in [0.29, 0.717) is 7.14 Å². The largest absolute Gasteiger partial charge is 0.463 e. The van der Waals surface area contributed by atoms with E-state index in [0.717, 1.165) is 55.4 Å². The van der Waals surface area contributed by atoms with Crippen molar-refractivity contribution in [3.8, 4) is 11.5 Å². The van der Waals surface area contributed by atoms with E-state index < -0.39 is 122 Å². The highest BCUT2D eigenvalue weighted by molar-refractivity contribution is 14.1. The molecule has 0 radical (unpaired) electrons. The summed E-state index contributed by atoms with van der Waals surface area (Å²) in [5, 5.41) is 0. The van der Waals surface area contributed by atoms with Gasteiger partial charge >= 0.3 is 47.8 Å². The Hall–Kier alpha value is -4.04. The van der Waals surface area contributed by atoms with Crippen molar-refractivity contribution in [1.82, 2.24) is 0 Å². The third kappa shape index (κ3) is 13.6. The molecule has 2 saturated heterocycles. The summed E-state index contributed by atoms with van der Waals surface area (Å²) in [4.78, 5) is 96.6. The van der Waals surface area contributed by atoms with Crippen molar-refractivity contribution in [3.63, 3.8) is 0 Å². The molecule has 0 saturated carbocycles. The van der Waals surface area contributed by atoms with Crippen molar-refractivity contribution >= 4 is 92.9 Å². The van der Waals surface area contributed by atoms with Gasteiger partial charge in [-0.25, -0.2) is 0 Å². The van der Waals surface area contributed by atoms with Gasteiger partial charge in [0, 0.05) is 55.4 Å². The fourth-order valence-electron chi connectivity index (χ4n) is 5.51. The topological polar surface area (TPSA) is 247 Å². The Morgan fingerprint density at radius 3 is 0.982 bits per heavy atom. The first-order chi connectivity index (χ1) is 26.2. The maximum Gasteiger partial charge on any atom is 0.303 e. The molecule has 0 spiro atoms. The van der Waals surface area contributed by atoms with E-state index in [2.05, 4.69) is 0 Å². The van der Waals surface area contributed by atoms with Crippen LogP contribution in [0.25, 0.3) is 0 Å². The number of rotatable bonds is 14. The Morgan fingerprint density at radius 1 is 0.446 bits per heavy atom. The van der Waals surface area contributed by atoms with Crippen molar-refractivity contribution in [1.29, 1.82) is 0 Å². The predicted molar refractivity (Wildman–Crippen MR) is 197 cm³/mol. The monoisotopic (exact) mass is 1020 g/mol. The first kappa shape index (κ1) is 46.3. The number of hydrogen-bond acceptors (Lipinski definition) is 20. The minimum Gasteiger partial charge on any atom is -0.463 e. The third-order valence-electron chi connectivity index (χ3n) is 7.37. The summed E-state index contributed by atoms with van der Waals surface area (Å²) in [6, 6.07) is 2.94. The molecule has 2 fully saturated rings. The van der Waals surface area contributed by atoms with Crippen LogP contribution in [0.3, 0.4) is 0 Å². The third-order valence-corrected chi connectivity index (χ3v) is 9.06. The molecule has 22 heteroatoms. The van der Waals surface area contributed by atoms with Crippen molar-refractivity contribution in [3.05, 3.63) is 19.3 Å². The molecule has 10 atom stereocenters. The lowest BCUT2D eigenvalue weighted by Gasteiger charge is -2.44. The Bertz CT molecular complexity index is 1550. The fourth-order valence-corrected chi connectivity index (χ4v) is 6.64. The second kappa shape index (κ2) is 20.9. The summed E-state index contributed by atoms with van der Waals surface area (Å²) in [5.41, 5.74) is 0. The van der Waals surface area contributed by atoms with Crippen LogP contribution in [0, 0.1) is 7.14 Å². The van der Waals surface area contributed by atoms with E-state index in [1.165, 1.54) is 12.1 Å². The van der Waals surface area contributed by atoms with Crippen LogP contribution >= 0.6 is 45.2 Å². The highest BCUT2D eigenvalue weighted by Gasteiger charge is 2.55. The highest BCUT2D eigenvalue weighted by atomic mass is 127. The zero-order valence-electron chi connectivity index (χ0n) is 31.3. The molecule has 0 amide bonds. The Morgan fingerprint density at radius 2 is 0.714 bits per heavy atom. The van der Waals surface area contributed by atoms with Gasteiger partial charge in [-0.1, -0.05) is 0 Å². The van der Waals surface area contributed by atoms with E-state index in [4.69, 9.17) is 56.8 Å². The number of halogens is 2. The smallest absolute Gasteiger partial charge is 0.303 e. The van der Waals surface area contributed by atoms with Crippen LogP contribution in [0.1, 0.15) is 55.4 Å². The van der Waals surface area contributed by atoms with Crippen LogP contribution in [-0.4, -0.2) is 122 Å². The maximum absolute atomic E-state index is 12.3. The molecule has 56 heavy (non-hydrogen) atoms. The Kier molecular flexibility index (Phi) is 17.3. The van der Waals surface area contributed by atoms with Crippen LogP contribution < -0.4 is 9.47 Å². The predicted octanol–water partition coefficient (Wildman–Crippen LogP) is 1.82. The van der Waals surface area contributed by atoms with Crippen LogP contribution in [0.4, 0.5) is 0 Å². The van der Waals surface area contributed by atoms with Crippen molar-refractivity contribution < 1.29 is 95.2 Å². The first-order valence-electron chi connectivity index (χ1n) is 16.6. The molecule has 1 aromatic carbocycles. The molecule has 3 rings (SSSR count). The summed E-state index contributed by atoms with van der Waals surface area (Å²) in [6.07, 6.45) is -14.5. The Balaban J connectivity index is 2.05. The lowest BCUT2D eigenvalue weighted by atomic mass is 9.98. The molecule has 310 valence electrons. The molecule has 0 N–H and O–H groups in total. The second-order valence-corrected chi connectivity index (χ2v) is 14.4. The molecule has 2 aliphatic heterocycles. The standard InChI is InChI=1S/C34H40I2O20/c1-13(37)45-11-25-27(47-15(3)39)29(49-17(5)41)31(51-19(7)43)33(55-25)53-23-9-22(36)24(10-21(23)35)54-34-32(52-20(8)44)30(50-18(6)42)28(48-16(4)40)26(56-34)12-46-14(2)38/h9-10,25-34H,11-12H2,1-8H3/t25?,26?,27-,28+,29+,30-,31?,32?,33-,34-/m1/s1. The molecular weight excluding hydrogens is 982 g/mol. The maximum atomic E-state index is 12.3. The van der Waals surface area contributed by atoms with E-state index in [-0.39, 0.29) is 11.5 Å². The number of carbonyl (C=O) groups excluding carboxylic acids is 8. The van der Waals surface area contributed by atoms with Gasteiger partial charge in [-0.05, 0) is 57.3 Å². The summed E-state index contributed by atoms with van der Waals surface area (Å²) in [7, 11) is 0. The normalized spacial score (nSPS) is 27.0. The van der Waals surface area contributed by atoms with E-state index in [9.17, 15) is 38.4 Å². The average Bonchev–Trinajstić information content (AvgIpc) is 3.05. The van der Waals surface area contributed by atoms with Gasteiger partial charge in [0.05, 0.1) is 7.14 Å². The number of benzene rings is 1. The summed E-state index contributed by atoms with van der Waals surface area (Å²) < 4.78 is 68.0. The molecule has 0 bridgehead atoms. The lowest BCUT2D eigenvalue weighted by molar-refractivity contribution is -0.289. The SMILES string of the molecule is CC(=O)OCC1O[C@@H](Oc2cc(I)c(O[C@@H]3OC(COC(C)=O)[C@H](OC(C)=O)[C@@H](OC(C)=O)C3OC(C)=O)cc2I)C(OC(C)=O)[C@@H](OC(C)=O)[C@@H]1OC(C)=O. The zero-order valence-corrected chi connectivity index (χ0v) is 35.6. The molecule has 0 aromatic heterocycles. The number of ether oxygens (including phenoxy) is 12. The Labute approximate surface area is 347 Å². The van der Waals surface area contributed by atoms with Gasteiger partial charge in [-0.15, -0.1) is 0 Å². The van der Waals surface area contributed by atoms with Crippen LogP contribution in [-0.2, 0) is 85.7 Å². The fraction of sp³-hybridized carbons (Fsp3) is 0.588. The summed E-state index contributed by atoms with van der Waals surface area (Å²) in [5.74, 6) is -6.13. The minimum atomic E-state index is -1.55. The molecule has 20 nitrogen and oxygen atoms in total. The second-order valence-electron chi connectivity index (χ2n) is 12.1. The van der Waals surface area contributed by atoms with Gasteiger partial charge in [-0.2, -0.15) is 0 Å². The van der Waals surface area contributed by atoms with Gasteiger partial charge in [0.15, 0.2) is 24.4 Å². The molecule has 1 aromatic rings. The van der Waals surface area contributed by atoms with E-state index in [1.54, 1.807) is 0 Å². The number of hydrogen-bond donors (Lipinski definition) is 0. The van der Waals surface area contributed by atoms with E-state index in [1.807, 2.05) is 45.2 Å². The van der Waals surface area contributed by atoms with Gasteiger partial charge in [0.1, 0.15) is 36.9 Å². The average molecular weight is 1020 g/mol. The highest BCUT2D eigenvalue weighted by Crippen LogP contribution is 2.38. The van der Waals surface area contributed by atoms with Crippen molar-refractivity contribution in [2.24, 2.45) is 0 Å². The lowest BCUT2D eigenvalue weighted by Crippen LogP contribution is -2.63. The molecule has 2 aliphatic rings. The zero-order chi connectivity index (χ0) is 42.0. The molecule has 2 heterocycles. The number of esters is 8. The van der Waals surface area contributed by atoms with Gasteiger partial charge in [0.25, 0.3) is 0 Å². The van der Waals surface area contributed by atoms with Crippen LogP contribution in [0.15, 0.2) is 12.1 Å². The summed E-state index contributed by atoms with van der Waals surface area (Å²) in [6.45, 7) is 7.83. The van der Waals surface area contributed by atoms with E-state index >= 15 is 0 Å². The minimum absolute atomic E-state index is 0.102. The molecular formula is C34H40I2O20.